The minimum absolute atomic E-state index is 0.01000. The molecule has 39 heavy (non-hydrogen) atoms. The van der Waals surface area contributed by atoms with Crippen LogP contribution in [0.15, 0.2) is 72.8 Å². The average molecular weight is 570 g/mol. The normalized spacial score (nSPS) is 12.5. The van der Waals surface area contributed by atoms with Crippen LogP contribution in [0.2, 0.25) is 10.0 Å². The summed E-state index contributed by atoms with van der Waals surface area (Å²) in [5, 5.41) is 3.86. The molecule has 3 rings (SSSR count). The quantitative estimate of drug-likeness (QED) is 0.296. The van der Waals surface area contributed by atoms with Crippen molar-refractivity contribution >= 4 is 35.0 Å². The Balaban J connectivity index is 1.92. The molecular formula is C32H38Cl2N2O3. The van der Waals surface area contributed by atoms with E-state index in [0.29, 0.717) is 22.2 Å². The molecule has 0 heterocycles. The van der Waals surface area contributed by atoms with Crippen LogP contribution in [0.3, 0.4) is 0 Å². The van der Waals surface area contributed by atoms with E-state index in [-0.39, 0.29) is 30.4 Å². The molecular weight excluding hydrogens is 531 g/mol. The summed E-state index contributed by atoms with van der Waals surface area (Å²) < 4.78 is 5.91. The summed E-state index contributed by atoms with van der Waals surface area (Å²) in [5.41, 5.74) is 2.40. The lowest BCUT2D eigenvalue weighted by Gasteiger charge is -2.33. The van der Waals surface area contributed by atoms with Crippen molar-refractivity contribution < 1.29 is 14.3 Å². The highest BCUT2D eigenvalue weighted by molar-refractivity contribution is 6.42. The summed E-state index contributed by atoms with van der Waals surface area (Å²) in [5.74, 6) is 0.0323. The van der Waals surface area contributed by atoms with Crippen LogP contribution >= 0.6 is 23.2 Å². The second kappa shape index (κ2) is 12.9. The van der Waals surface area contributed by atoms with Gasteiger partial charge in [0.2, 0.25) is 5.91 Å². The van der Waals surface area contributed by atoms with E-state index < -0.39 is 11.6 Å². The molecule has 0 bridgehead atoms. The molecule has 2 amide bonds. The maximum Gasteiger partial charge on any atom is 0.261 e. The Morgan fingerprint density at radius 3 is 2.05 bits per heavy atom. The number of ether oxygens (including phenoxy) is 1. The molecule has 7 heteroatoms. The van der Waals surface area contributed by atoms with E-state index in [4.69, 9.17) is 27.9 Å². The van der Waals surface area contributed by atoms with Crippen LogP contribution in [0.25, 0.3) is 0 Å². The predicted octanol–water partition coefficient (Wildman–Crippen LogP) is 7.22. The average Bonchev–Trinajstić information content (AvgIpc) is 2.86. The highest BCUT2D eigenvalue weighted by Gasteiger charge is 2.32. The number of nitrogens with zero attached hydrogens (tertiary/aromatic N) is 1. The fraction of sp³-hybridized carbons (Fsp3) is 0.375. The lowest BCUT2D eigenvalue weighted by atomic mass is 9.87. The molecule has 208 valence electrons. The largest absolute Gasteiger partial charge is 0.484 e. The third kappa shape index (κ3) is 9.29. The van der Waals surface area contributed by atoms with Gasteiger partial charge in [0.25, 0.3) is 5.91 Å². The molecule has 0 saturated heterocycles. The molecule has 3 aromatic carbocycles. The van der Waals surface area contributed by atoms with Gasteiger partial charge in [0.1, 0.15) is 11.8 Å². The topological polar surface area (TPSA) is 58.6 Å². The molecule has 0 aliphatic carbocycles. The summed E-state index contributed by atoms with van der Waals surface area (Å²) in [6, 6.07) is 21.8. The first-order valence-electron chi connectivity index (χ1n) is 13.1. The van der Waals surface area contributed by atoms with Gasteiger partial charge in [0.15, 0.2) is 6.61 Å². The Morgan fingerprint density at radius 1 is 0.846 bits per heavy atom. The number of hydrogen-bond acceptors (Lipinski definition) is 3. The summed E-state index contributed by atoms with van der Waals surface area (Å²) in [6.07, 6.45) is 0.343. The number of amides is 2. The number of rotatable bonds is 9. The van der Waals surface area contributed by atoms with Gasteiger partial charge < -0.3 is 15.0 Å². The zero-order chi connectivity index (χ0) is 28.8. The Labute approximate surface area is 242 Å². The van der Waals surface area contributed by atoms with E-state index in [9.17, 15) is 9.59 Å². The Morgan fingerprint density at radius 2 is 1.49 bits per heavy atom. The van der Waals surface area contributed by atoms with E-state index in [1.807, 2.05) is 81.4 Å². The number of carbonyl (C=O) groups excluding carboxylic acids is 2. The van der Waals surface area contributed by atoms with Crippen LogP contribution < -0.4 is 10.1 Å². The van der Waals surface area contributed by atoms with Gasteiger partial charge in [0, 0.05) is 18.5 Å². The van der Waals surface area contributed by atoms with Gasteiger partial charge in [-0.3, -0.25) is 9.59 Å². The highest BCUT2D eigenvalue weighted by atomic mass is 35.5. The maximum atomic E-state index is 13.8. The van der Waals surface area contributed by atoms with E-state index in [0.717, 1.165) is 11.1 Å². The molecule has 1 N–H and O–H groups in total. The van der Waals surface area contributed by atoms with Crippen molar-refractivity contribution in [2.24, 2.45) is 0 Å². The van der Waals surface area contributed by atoms with Crippen LogP contribution in [0.5, 0.6) is 5.75 Å². The Bertz CT molecular complexity index is 1260. The fourth-order valence-electron chi connectivity index (χ4n) is 4.12. The minimum atomic E-state index is -0.777. The van der Waals surface area contributed by atoms with Crippen molar-refractivity contribution in [3.05, 3.63) is 99.5 Å². The van der Waals surface area contributed by atoms with E-state index in [2.05, 4.69) is 26.1 Å². The second-order valence-electron chi connectivity index (χ2n) is 11.8. The van der Waals surface area contributed by atoms with Crippen molar-refractivity contribution in [3.63, 3.8) is 0 Å². The zero-order valence-corrected chi connectivity index (χ0v) is 25.1. The number of halogens is 2. The Hall–Kier alpha value is -3.02. The van der Waals surface area contributed by atoms with E-state index in [1.165, 1.54) is 5.56 Å². The molecule has 0 aliphatic rings. The summed E-state index contributed by atoms with van der Waals surface area (Å²) in [6.45, 7) is 12.1. The van der Waals surface area contributed by atoms with Gasteiger partial charge in [0.05, 0.1) is 10.0 Å². The fourth-order valence-corrected chi connectivity index (χ4v) is 4.44. The lowest BCUT2D eigenvalue weighted by Crippen LogP contribution is -2.55. The number of hydrogen-bond donors (Lipinski definition) is 1. The molecule has 1 atom stereocenters. The molecule has 0 aliphatic heterocycles. The van der Waals surface area contributed by atoms with Crippen LogP contribution in [0.4, 0.5) is 0 Å². The summed E-state index contributed by atoms with van der Waals surface area (Å²) in [7, 11) is 0. The molecule has 0 fully saturated rings. The van der Waals surface area contributed by atoms with Crippen LogP contribution in [0, 0.1) is 0 Å². The number of carbonyl (C=O) groups is 2. The molecule has 1 unspecified atom stereocenters. The minimum Gasteiger partial charge on any atom is -0.484 e. The second-order valence-corrected chi connectivity index (χ2v) is 12.6. The lowest BCUT2D eigenvalue weighted by molar-refractivity contribution is -0.143. The van der Waals surface area contributed by atoms with E-state index in [1.54, 1.807) is 17.0 Å². The molecule has 0 aromatic heterocycles. The van der Waals surface area contributed by atoms with Gasteiger partial charge in [-0.05, 0) is 67.1 Å². The predicted molar refractivity (Wildman–Crippen MR) is 159 cm³/mol. The standard InChI is InChI=1S/C32H38Cl2N2O3/c1-31(2,3)24-13-15-25(16-14-24)39-21-29(37)36(20-23-12-17-26(33)27(34)18-23)28(30(38)35-32(4,5)6)19-22-10-8-7-9-11-22/h7-18,28H,19-21H2,1-6H3,(H,35,38). The SMILES string of the molecule is CC(C)(C)NC(=O)C(Cc1ccccc1)N(Cc1ccc(Cl)c(Cl)c1)C(=O)COc1ccc(C(C)(C)C)cc1. The highest BCUT2D eigenvalue weighted by Crippen LogP contribution is 2.26. The third-order valence-corrected chi connectivity index (χ3v) is 6.93. The Kier molecular flexibility index (Phi) is 10.1. The van der Waals surface area contributed by atoms with Crippen molar-refractivity contribution in [1.82, 2.24) is 10.2 Å². The molecule has 5 nitrogen and oxygen atoms in total. The van der Waals surface area contributed by atoms with Gasteiger partial charge >= 0.3 is 0 Å². The number of nitrogens with one attached hydrogen (secondary N) is 1. The third-order valence-electron chi connectivity index (χ3n) is 6.19. The smallest absolute Gasteiger partial charge is 0.261 e. The van der Waals surface area contributed by atoms with E-state index >= 15 is 0 Å². The summed E-state index contributed by atoms with van der Waals surface area (Å²) in [4.78, 5) is 29.0. The van der Waals surface area contributed by atoms with Gasteiger partial charge in [-0.1, -0.05) is 92.5 Å². The van der Waals surface area contributed by atoms with Crippen molar-refractivity contribution in [2.45, 2.75) is 71.5 Å². The monoisotopic (exact) mass is 568 g/mol. The first-order valence-corrected chi connectivity index (χ1v) is 13.8. The molecule has 0 saturated carbocycles. The molecule has 0 radical (unpaired) electrons. The van der Waals surface area contributed by atoms with Crippen LogP contribution in [-0.4, -0.2) is 34.9 Å². The summed E-state index contributed by atoms with van der Waals surface area (Å²) >= 11 is 12.4. The first kappa shape index (κ1) is 30.5. The number of benzene rings is 3. The van der Waals surface area contributed by atoms with Gasteiger partial charge in [-0.2, -0.15) is 0 Å². The van der Waals surface area contributed by atoms with Gasteiger partial charge in [-0.15, -0.1) is 0 Å². The van der Waals surface area contributed by atoms with Crippen LogP contribution in [0.1, 0.15) is 58.2 Å². The van der Waals surface area contributed by atoms with Crippen LogP contribution in [-0.2, 0) is 28.0 Å². The maximum absolute atomic E-state index is 13.8. The first-order chi connectivity index (χ1) is 18.2. The van der Waals surface area contributed by atoms with Crippen molar-refractivity contribution in [3.8, 4) is 5.75 Å². The van der Waals surface area contributed by atoms with Crippen molar-refractivity contribution in [1.29, 1.82) is 0 Å². The zero-order valence-electron chi connectivity index (χ0n) is 23.6. The molecule has 0 spiro atoms. The molecule has 3 aromatic rings. The van der Waals surface area contributed by atoms with Crippen molar-refractivity contribution in [2.75, 3.05) is 6.61 Å². The van der Waals surface area contributed by atoms with Gasteiger partial charge in [-0.25, -0.2) is 0 Å².